The molecular weight excluding hydrogens is 270 g/mol. The van der Waals surface area contributed by atoms with Gasteiger partial charge in [-0.2, -0.15) is 0 Å². The zero-order chi connectivity index (χ0) is 14.5. The third kappa shape index (κ3) is 4.02. The van der Waals surface area contributed by atoms with Gasteiger partial charge in [-0.25, -0.2) is 0 Å². The van der Waals surface area contributed by atoms with Crippen molar-refractivity contribution >= 4 is 23.1 Å². The number of rotatable bonds is 5. The monoisotopic (exact) mass is 291 g/mol. The van der Waals surface area contributed by atoms with Crippen LogP contribution in [0.4, 0.5) is 0 Å². The molecule has 0 aliphatic carbocycles. The Morgan fingerprint density at radius 2 is 1.90 bits per heavy atom. The first-order valence-corrected chi connectivity index (χ1v) is 7.35. The lowest BCUT2D eigenvalue weighted by Crippen LogP contribution is -2.35. The second-order valence-electron chi connectivity index (χ2n) is 5.41. The van der Waals surface area contributed by atoms with Crippen LogP contribution in [-0.4, -0.2) is 28.9 Å². The third-order valence-electron chi connectivity index (χ3n) is 3.87. The molecule has 0 unspecified atom stereocenters. The van der Waals surface area contributed by atoms with Gasteiger partial charge in [-0.05, 0) is 37.4 Å². The van der Waals surface area contributed by atoms with Crippen molar-refractivity contribution in [1.29, 1.82) is 0 Å². The number of primary amides is 1. The Kier molecular flexibility index (Phi) is 5.09. The van der Waals surface area contributed by atoms with Gasteiger partial charge in [-0.3, -0.25) is 9.69 Å². The molecule has 0 spiro atoms. The fourth-order valence-corrected chi connectivity index (χ4v) is 2.97. The lowest BCUT2D eigenvalue weighted by molar-refractivity contribution is -0.119. The number of carbonyl (C=O) groups excluding carboxylic acids is 1. The maximum Gasteiger partial charge on any atom is 0.217 e. The number of nitrogens with two attached hydrogens (primary N) is 2. The van der Waals surface area contributed by atoms with E-state index in [-0.39, 0.29) is 5.91 Å². The second-order valence-corrected chi connectivity index (χ2v) is 5.85. The van der Waals surface area contributed by atoms with Gasteiger partial charge in [0.15, 0.2) is 0 Å². The van der Waals surface area contributed by atoms with Crippen molar-refractivity contribution in [3.05, 3.63) is 35.4 Å². The van der Waals surface area contributed by atoms with Crippen LogP contribution in [0.1, 0.15) is 30.4 Å². The van der Waals surface area contributed by atoms with Crippen LogP contribution >= 0.6 is 12.2 Å². The van der Waals surface area contributed by atoms with Gasteiger partial charge in [-0.1, -0.05) is 36.5 Å². The minimum Gasteiger partial charge on any atom is -0.389 e. The van der Waals surface area contributed by atoms with Crippen molar-refractivity contribution in [2.24, 2.45) is 17.4 Å². The first-order chi connectivity index (χ1) is 9.56. The maximum absolute atomic E-state index is 10.9. The van der Waals surface area contributed by atoms with Crippen molar-refractivity contribution in [3.8, 4) is 0 Å². The van der Waals surface area contributed by atoms with E-state index in [1.54, 1.807) is 0 Å². The summed E-state index contributed by atoms with van der Waals surface area (Å²) >= 11 is 5.09. The van der Waals surface area contributed by atoms with E-state index in [0.717, 1.165) is 38.0 Å². The molecule has 5 heteroatoms. The second kappa shape index (κ2) is 6.81. The fourth-order valence-electron chi connectivity index (χ4n) is 2.77. The van der Waals surface area contributed by atoms with E-state index in [9.17, 15) is 4.79 Å². The topological polar surface area (TPSA) is 72.4 Å². The molecule has 1 aromatic rings. The van der Waals surface area contributed by atoms with E-state index < -0.39 is 0 Å². The lowest BCUT2D eigenvalue weighted by atomic mass is 9.93. The summed E-state index contributed by atoms with van der Waals surface area (Å²) in [5.74, 6) is 0.247. The Labute approximate surface area is 125 Å². The van der Waals surface area contributed by atoms with E-state index in [1.807, 2.05) is 18.2 Å². The van der Waals surface area contributed by atoms with E-state index >= 15 is 0 Å². The van der Waals surface area contributed by atoms with Crippen LogP contribution in [-0.2, 0) is 11.3 Å². The SMILES string of the molecule is NC(=O)CC1CCN(Cc2ccccc2C(N)=S)CC1. The Hall–Kier alpha value is -1.46. The summed E-state index contributed by atoms with van der Waals surface area (Å²) in [5, 5.41) is 0. The van der Waals surface area contributed by atoms with Gasteiger partial charge >= 0.3 is 0 Å². The van der Waals surface area contributed by atoms with Crippen molar-refractivity contribution in [2.75, 3.05) is 13.1 Å². The summed E-state index contributed by atoms with van der Waals surface area (Å²) in [6.45, 7) is 2.84. The first-order valence-electron chi connectivity index (χ1n) is 6.94. The Bertz CT molecular complexity index is 496. The number of benzene rings is 1. The molecule has 4 N–H and O–H groups in total. The predicted octanol–water partition coefficient (Wildman–Crippen LogP) is 1.41. The average Bonchev–Trinajstić information content (AvgIpc) is 2.41. The lowest BCUT2D eigenvalue weighted by Gasteiger charge is -2.31. The van der Waals surface area contributed by atoms with Crippen LogP contribution in [0.3, 0.4) is 0 Å². The first kappa shape index (κ1) is 14.9. The molecule has 1 aliphatic rings. The summed E-state index contributed by atoms with van der Waals surface area (Å²) < 4.78 is 0. The number of piperidine rings is 1. The predicted molar refractivity (Wildman–Crippen MR) is 84.1 cm³/mol. The zero-order valence-corrected chi connectivity index (χ0v) is 12.4. The van der Waals surface area contributed by atoms with Crippen molar-refractivity contribution in [3.63, 3.8) is 0 Å². The number of thiocarbonyl (C=S) groups is 1. The number of carbonyl (C=O) groups is 1. The molecule has 20 heavy (non-hydrogen) atoms. The maximum atomic E-state index is 10.9. The number of hydrogen-bond donors (Lipinski definition) is 2. The number of nitrogens with zero attached hydrogens (tertiary/aromatic N) is 1. The molecule has 1 aliphatic heterocycles. The van der Waals surface area contributed by atoms with Crippen LogP contribution in [0.5, 0.6) is 0 Å². The van der Waals surface area contributed by atoms with Crippen molar-refractivity contribution in [1.82, 2.24) is 4.90 Å². The van der Waals surface area contributed by atoms with Gasteiger partial charge in [0, 0.05) is 18.5 Å². The van der Waals surface area contributed by atoms with Crippen LogP contribution < -0.4 is 11.5 Å². The molecule has 1 aromatic carbocycles. The molecule has 0 atom stereocenters. The molecule has 0 aromatic heterocycles. The van der Waals surface area contributed by atoms with Gasteiger partial charge in [0.2, 0.25) is 5.91 Å². The summed E-state index contributed by atoms with van der Waals surface area (Å²) in [5.41, 5.74) is 13.1. The third-order valence-corrected chi connectivity index (χ3v) is 4.09. The van der Waals surface area contributed by atoms with Gasteiger partial charge in [0.1, 0.15) is 4.99 Å². The summed E-state index contributed by atoms with van der Waals surface area (Å²) in [6, 6.07) is 8.01. The standard InChI is InChI=1S/C15H21N3OS/c16-14(19)9-11-5-7-18(8-6-11)10-12-3-1-2-4-13(12)15(17)20/h1-4,11H,5-10H2,(H2,16,19)(H2,17,20). The summed E-state index contributed by atoms with van der Waals surface area (Å²) in [7, 11) is 0. The quantitative estimate of drug-likeness (QED) is 0.805. The van der Waals surface area contributed by atoms with E-state index in [2.05, 4.69) is 11.0 Å². The molecule has 0 bridgehead atoms. The number of likely N-dealkylation sites (tertiary alicyclic amines) is 1. The van der Waals surface area contributed by atoms with Crippen LogP contribution in [0.15, 0.2) is 24.3 Å². The largest absolute Gasteiger partial charge is 0.389 e. The molecule has 1 amide bonds. The Morgan fingerprint density at radius 3 is 2.50 bits per heavy atom. The minimum absolute atomic E-state index is 0.192. The minimum atomic E-state index is -0.192. The fraction of sp³-hybridized carbons (Fsp3) is 0.467. The zero-order valence-electron chi connectivity index (χ0n) is 11.5. The summed E-state index contributed by atoms with van der Waals surface area (Å²) in [4.78, 5) is 13.8. The van der Waals surface area contributed by atoms with Crippen molar-refractivity contribution < 1.29 is 4.79 Å². The van der Waals surface area contributed by atoms with Crippen LogP contribution in [0.25, 0.3) is 0 Å². The van der Waals surface area contributed by atoms with Crippen LogP contribution in [0, 0.1) is 5.92 Å². The van der Waals surface area contributed by atoms with Gasteiger partial charge < -0.3 is 11.5 Å². The van der Waals surface area contributed by atoms with Gasteiger partial charge in [-0.15, -0.1) is 0 Å². The molecule has 1 fully saturated rings. The molecule has 1 heterocycles. The molecule has 4 nitrogen and oxygen atoms in total. The van der Waals surface area contributed by atoms with Crippen LogP contribution in [0.2, 0.25) is 0 Å². The Balaban J connectivity index is 1.93. The number of hydrogen-bond acceptors (Lipinski definition) is 3. The molecular formula is C15H21N3OS. The number of amides is 1. The molecule has 2 rings (SSSR count). The van der Waals surface area contributed by atoms with Crippen molar-refractivity contribution in [2.45, 2.75) is 25.8 Å². The molecule has 1 saturated heterocycles. The molecule has 108 valence electrons. The van der Waals surface area contributed by atoms with E-state index in [4.69, 9.17) is 23.7 Å². The molecule has 0 saturated carbocycles. The average molecular weight is 291 g/mol. The van der Waals surface area contributed by atoms with E-state index in [1.165, 1.54) is 5.56 Å². The highest BCUT2D eigenvalue weighted by Crippen LogP contribution is 2.22. The van der Waals surface area contributed by atoms with Gasteiger partial charge in [0.25, 0.3) is 0 Å². The highest BCUT2D eigenvalue weighted by Gasteiger charge is 2.21. The molecule has 0 radical (unpaired) electrons. The van der Waals surface area contributed by atoms with Gasteiger partial charge in [0.05, 0.1) is 0 Å². The Morgan fingerprint density at radius 1 is 1.25 bits per heavy atom. The smallest absolute Gasteiger partial charge is 0.217 e. The van der Waals surface area contributed by atoms with E-state index in [0.29, 0.717) is 17.3 Å². The highest BCUT2D eigenvalue weighted by molar-refractivity contribution is 7.80. The highest BCUT2D eigenvalue weighted by atomic mass is 32.1. The normalized spacial score (nSPS) is 17.0. The summed E-state index contributed by atoms with van der Waals surface area (Å²) in [6.07, 6.45) is 2.56.